The molecular weight excluding hydrogens is 476 g/mol. The smallest absolute Gasteiger partial charge is 0.578 e. The lowest BCUT2D eigenvalue weighted by atomic mass is 9.99. The van der Waals surface area contributed by atoms with E-state index in [2.05, 4.69) is 15.1 Å². The molecule has 0 amide bonds. The molecule has 0 N–H and O–H groups in total. The second kappa shape index (κ2) is 9.56. The first-order valence-corrected chi connectivity index (χ1v) is 10.8. The average molecular weight is 491 g/mol. The number of rotatable bonds is 7. The van der Waals surface area contributed by atoms with Crippen LogP contribution < -0.4 is 0 Å². The fourth-order valence-corrected chi connectivity index (χ4v) is 3.99. The van der Waals surface area contributed by atoms with Crippen LogP contribution in [-0.4, -0.2) is 35.6 Å². The lowest BCUT2D eigenvalue weighted by Gasteiger charge is -2.14. The minimum Gasteiger partial charge on any atom is -0.604 e. The van der Waals surface area contributed by atoms with Gasteiger partial charge in [0.2, 0.25) is 0 Å². The highest BCUT2D eigenvalue weighted by molar-refractivity contribution is 7.92. The van der Waals surface area contributed by atoms with Gasteiger partial charge in [-0.15, -0.1) is 13.2 Å². The predicted octanol–water partition coefficient (Wildman–Crippen LogP) is 5.36. The van der Waals surface area contributed by atoms with Crippen molar-refractivity contribution in [3.05, 3.63) is 64.3 Å². The van der Waals surface area contributed by atoms with Gasteiger partial charge in [-0.3, -0.25) is 4.79 Å². The SMILES string of the molecule is C[C@@H](CCC(=O)c1cc(Cl)cc([S+]([O-])C(F)(F)F)c1)c1ncnn1-c1ccc(Cl)cn1. The third-order valence-corrected chi connectivity index (χ3v) is 5.89. The van der Waals surface area contributed by atoms with Crippen LogP contribution in [0.1, 0.15) is 41.9 Å². The first-order chi connectivity index (χ1) is 14.6. The molecule has 2 heterocycles. The van der Waals surface area contributed by atoms with Crippen molar-refractivity contribution >= 4 is 40.2 Å². The Morgan fingerprint density at radius 3 is 2.58 bits per heavy atom. The summed E-state index contributed by atoms with van der Waals surface area (Å²) in [7, 11) is 0. The van der Waals surface area contributed by atoms with Crippen LogP contribution in [0, 0.1) is 0 Å². The molecule has 3 aromatic rings. The maximum atomic E-state index is 12.8. The highest BCUT2D eigenvalue weighted by Gasteiger charge is 2.46. The molecule has 0 aliphatic heterocycles. The van der Waals surface area contributed by atoms with E-state index in [0.717, 1.165) is 12.1 Å². The standard InChI is InChI=1S/C19H15Cl2F3N4O2S/c1-11(18-26-10-27-28(18)17-5-3-13(20)9-25-17)2-4-16(29)12-6-14(21)8-15(7-12)31(30)19(22,23)24/h3,5-11H,2,4H2,1H3/t11-,31?/m0/s1. The van der Waals surface area contributed by atoms with E-state index in [-0.39, 0.29) is 22.9 Å². The minimum absolute atomic E-state index is 0.0144. The summed E-state index contributed by atoms with van der Waals surface area (Å²) in [6, 6.07) is 6.48. The molecule has 0 saturated heterocycles. The third-order valence-electron chi connectivity index (χ3n) is 4.37. The Kier molecular flexibility index (Phi) is 7.25. The fraction of sp³-hybridized carbons (Fsp3) is 0.263. The van der Waals surface area contributed by atoms with E-state index in [0.29, 0.717) is 23.1 Å². The van der Waals surface area contributed by atoms with Gasteiger partial charge in [-0.05, 0) is 24.6 Å². The molecule has 12 heteroatoms. The number of aromatic nitrogens is 4. The molecule has 0 radical (unpaired) electrons. The Morgan fingerprint density at radius 2 is 1.94 bits per heavy atom. The summed E-state index contributed by atoms with van der Waals surface area (Å²) in [5.41, 5.74) is -4.98. The number of carbonyl (C=O) groups is 1. The molecule has 2 aromatic heterocycles. The fourth-order valence-electron chi connectivity index (χ4n) is 2.84. The van der Waals surface area contributed by atoms with Gasteiger partial charge in [0.1, 0.15) is 12.2 Å². The first-order valence-electron chi connectivity index (χ1n) is 8.90. The van der Waals surface area contributed by atoms with Crippen molar-refractivity contribution in [1.29, 1.82) is 0 Å². The number of pyridine rings is 1. The maximum absolute atomic E-state index is 12.8. The van der Waals surface area contributed by atoms with E-state index >= 15 is 0 Å². The second-order valence-corrected chi connectivity index (χ2v) is 8.96. The van der Waals surface area contributed by atoms with Gasteiger partial charge in [0, 0.05) is 41.3 Å². The second-order valence-electron chi connectivity index (χ2n) is 6.62. The summed E-state index contributed by atoms with van der Waals surface area (Å²) in [6.07, 6.45) is 3.19. The van der Waals surface area contributed by atoms with Gasteiger partial charge in [-0.25, -0.2) is 9.97 Å². The summed E-state index contributed by atoms with van der Waals surface area (Å²) in [4.78, 5) is 20.4. The number of halogens is 5. The van der Waals surface area contributed by atoms with Crippen LogP contribution in [0.4, 0.5) is 13.2 Å². The number of hydrogen-bond donors (Lipinski definition) is 0. The summed E-state index contributed by atoms with van der Waals surface area (Å²) in [5.74, 6) is 0.425. The van der Waals surface area contributed by atoms with Gasteiger partial charge in [-0.1, -0.05) is 30.1 Å². The van der Waals surface area contributed by atoms with Crippen molar-refractivity contribution in [3.8, 4) is 5.82 Å². The number of carbonyl (C=O) groups excluding carboxylic acids is 1. The lowest BCUT2D eigenvalue weighted by Crippen LogP contribution is -2.23. The highest BCUT2D eigenvalue weighted by Crippen LogP contribution is 2.32. The average Bonchev–Trinajstić information content (AvgIpc) is 3.20. The van der Waals surface area contributed by atoms with Gasteiger partial charge in [0.15, 0.2) is 16.5 Å². The Morgan fingerprint density at radius 1 is 1.19 bits per heavy atom. The molecule has 31 heavy (non-hydrogen) atoms. The number of alkyl halides is 3. The predicted molar refractivity (Wildman–Crippen MR) is 110 cm³/mol. The van der Waals surface area contributed by atoms with E-state index in [9.17, 15) is 22.5 Å². The van der Waals surface area contributed by atoms with Crippen molar-refractivity contribution < 1.29 is 22.5 Å². The van der Waals surface area contributed by atoms with E-state index in [1.807, 2.05) is 6.92 Å². The maximum Gasteiger partial charge on any atom is 0.578 e. The molecule has 6 nitrogen and oxygen atoms in total. The van der Waals surface area contributed by atoms with E-state index in [1.165, 1.54) is 23.3 Å². The lowest BCUT2D eigenvalue weighted by molar-refractivity contribution is -0.0435. The largest absolute Gasteiger partial charge is 0.604 e. The van der Waals surface area contributed by atoms with Crippen LogP contribution >= 0.6 is 23.2 Å². The van der Waals surface area contributed by atoms with Crippen molar-refractivity contribution in [1.82, 2.24) is 19.7 Å². The summed E-state index contributed by atoms with van der Waals surface area (Å²) in [6.45, 7) is 1.84. The molecule has 0 saturated carbocycles. The molecule has 0 bridgehead atoms. The first kappa shape index (κ1) is 23.5. The highest BCUT2D eigenvalue weighted by atomic mass is 35.5. The normalized spacial score (nSPS) is 13.8. The Balaban J connectivity index is 1.73. The monoisotopic (exact) mass is 490 g/mol. The van der Waals surface area contributed by atoms with Crippen molar-refractivity contribution in [2.75, 3.05) is 0 Å². The number of Topliss-reactive ketones (excluding diaryl/α,β-unsaturated/α-hetero) is 1. The number of nitrogens with zero attached hydrogens (tertiary/aromatic N) is 4. The molecule has 0 spiro atoms. The third kappa shape index (κ3) is 5.76. The van der Waals surface area contributed by atoms with Crippen LogP contribution in [0.3, 0.4) is 0 Å². The van der Waals surface area contributed by atoms with E-state index < -0.39 is 27.4 Å². The van der Waals surface area contributed by atoms with Crippen LogP contribution in [0.25, 0.3) is 5.82 Å². The van der Waals surface area contributed by atoms with E-state index in [4.69, 9.17) is 23.2 Å². The molecule has 0 aliphatic carbocycles. The number of ketones is 1. The molecule has 0 aliphatic rings. The zero-order valence-electron chi connectivity index (χ0n) is 15.9. The molecule has 1 unspecified atom stereocenters. The van der Waals surface area contributed by atoms with Crippen molar-refractivity contribution in [2.45, 2.75) is 36.1 Å². The number of hydrogen-bond acceptors (Lipinski definition) is 5. The van der Waals surface area contributed by atoms with Crippen LogP contribution in [-0.2, 0) is 11.2 Å². The molecule has 1 aromatic carbocycles. The summed E-state index contributed by atoms with van der Waals surface area (Å²) < 4.78 is 51.4. The Bertz CT molecular complexity index is 1080. The number of benzene rings is 1. The van der Waals surface area contributed by atoms with Crippen molar-refractivity contribution in [3.63, 3.8) is 0 Å². The van der Waals surface area contributed by atoms with Gasteiger partial charge < -0.3 is 4.55 Å². The van der Waals surface area contributed by atoms with Gasteiger partial charge >= 0.3 is 5.51 Å². The van der Waals surface area contributed by atoms with E-state index in [1.54, 1.807) is 12.1 Å². The molecule has 2 atom stereocenters. The Labute approximate surface area is 188 Å². The summed E-state index contributed by atoms with van der Waals surface area (Å²) in [5, 5.41) is 4.52. The van der Waals surface area contributed by atoms with Crippen LogP contribution in [0.15, 0.2) is 47.8 Å². The van der Waals surface area contributed by atoms with Crippen molar-refractivity contribution in [2.24, 2.45) is 0 Å². The summed E-state index contributed by atoms with van der Waals surface area (Å²) >= 11 is 8.41. The van der Waals surface area contributed by atoms with Gasteiger partial charge in [-0.2, -0.15) is 9.78 Å². The minimum atomic E-state index is -4.95. The quantitative estimate of drug-likeness (QED) is 0.328. The van der Waals surface area contributed by atoms with Crippen LogP contribution in [0.2, 0.25) is 10.0 Å². The zero-order valence-corrected chi connectivity index (χ0v) is 18.3. The van der Waals surface area contributed by atoms with Crippen LogP contribution in [0.5, 0.6) is 0 Å². The topological polar surface area (TPSA) is 83.7 Å². The molecule has 164 valence electrons. The van der Waals surface area contributed by atoms with Gasteiger partial charge in [0.05, 0.1) is 16.2 Å². The zero-order chi connectivity index (χ0) is 22.8. The van der Waals surface area contributed by atoms with Gasteiger partial charge in [0.25, 0.3) is 0 Å². The Hall–Kier alpha value is -2.14. The molecular formula is C19H15Cl2F3N4O2S. The molecule has 3 rings (SSSR count). The molecule has 0 fully saturated rings.